The van der Waals surface area contributed by atoms with Crippen molar-refractivity contribution in [2.75, 3.05) is 12.4 Å². The quantitative estimate of drug-likeness (QED) is 0.750. The highest BCUT2D eigenvalue weighted by molar-refractivity contribution is 6.09. The topological polar surface area (TPSA) is 111 Å². The predicted molar refractivity (Wildman–Crippen MR) is 93.7 cm³/mol. The minimum atomic E-state index is -5.39. The largest absolute Gasteiger partial charge is 0.497 e. The number of ether oxygens (including phenoxy) is 1. The second kappa shape index (κ2) is 6.50. The second-order valence-electron chi connectivity index (χ2n) is 6.32. The Morgan fingerprint density at radius 1 is 1.17 bits per heavy atom. The number of alkyl halides is 3. The van der Waals surface area contributed by atoms with E-state index in [4.69, 9.17) is 4.74 Å². The van der Waals surface area contributed by atoms with Crippen LogP contribution in [0.2, 0.25) is 0 Å². The van der Waals surface area contributed by atoms with Crippen LogP contribution >= 0.6 is 0 Å². The molecule has 2 amide bonds. The molecule has 0 unspecified atom stereocenters. The minimum absolute atomic E-state index is 0.202. The average Bonchev–Trinajstić information content (AvgIpc) is 2.98. The molecule has 0 saturated carbocycles. The molecule has 12 heteroatoms. The van der Waals surface area contributed by atoms with E-state index in [0.29, 0.717) is 9.13 Å². The van der Waals surface area contributed by atoms with E-state index in [-0.39, 0.29) is 11.3 Å². The van der Waals surface area contributed by atoms with Crippen LogP contribution in [0, 0.1) is 0 Å². The molecule has 1 atom stereocenters. The molecule has 0 saturated heterocycles. The maximum atomic E-state index is 14.2. The van der Waals surface area contributed by atoms with Crippen molar-refractivity contribution in [1.29, 1.82) is 0 Å². The van der Waals surface area contributed by atoms with Gasteiger partial charge in [0.15, 0.2) is 0 Å². The number of fused-ring (bicyclic) bond motifs is 1. The molecule has 1 aromatic heterocycles. The third kappa shape index (κ3) is 2.79. The van der Waals surface area contributed by atoms with E-state index >= 15 is 0 Å². The first-order chi connectivity index (χ1) is 13.5. The summed E-state index contributed by atoms with van der Waals surface area (Å²) >= 11 is 0. The van der Waals surface area contributed by atoms with Gasteiger partial charge in [0.05, 0.1) is 7.11 Å². The van der Waals surface area contributed by atoms with E-state index in [9.17, 15) is 32.3 Å². The number of nitrogens with one attached hydrogen (secondary N) is 2. The summed E-state index contributed by atoms with van der Waals surface area (Å²) < 4.78 is 48.6. The lowest BCUT2D eigenvalue weighted by Gasteiger charge is -2.30. The maximum Gasteiger partial charge on any atom is 0.425 e. The van der Waals surface area contributed by atoms with Crippen molar-refractivity contribution in [3.05, 3.63) is 56.2 Å². The zero-order chi connectivity index (χ0) is 21.7. The Hall–Kier alpha value is -3.57. The van der Waals surface area contributed by atoms with Gasteiger partial charge in [-0.25, -0.2) is 4.79 Å². The third-order valence-electron chi connectivity index (χ3n) is 4.67. The number of halogens is 3. The molecule has 29 heavy (non-hydrogen) atoms. The summed E-state index contributed by atoms with van der Waals surface area (Å²) in [6.45, 7) is 0. The van der Waals surface area contributed by atoms with Gasteiger partial charge in [0.2, 0.25) is 0 Å². The molecule has 2 heterocycles. The fourth-order valence-corrected chi connectivity index (χ4v) is 3.11. The number of methoxy groups -OCH3 is 1. The minimum Gasteiger partial charge on any atom is -0.497 e. The summed E-state index contributed by atoms with van der Waals surface area (Å²) in [4.78, 5) is 49.7. The van der Waals surface area contributed by atoms with Crippen molar-refractivity contribution in [3.8, 4) is 5.75 Å². The van der Waals surface area contributed by atoms with Crippen molar-refractivity contribution < 1.29 is 27.5 Å². The zero-order valence-corrected chi connectivity index (χ0v) is 15.4. The van der Waals surface area contributed by atoms with Crippen LogP contribution in [-0.2, 0) is 24.4 Å². The molecule has 1 aromatic carbocycles. The van der Waals surface area contributed by atoms with Crippen LogP contribution in [0.5, 0.6) is 5.75 Å². The van der Waals surface area contributed by atoms with Gasteiger partial charge in [0.25, 0.3) is 22.9 Å². The number of hydrogen-bond acceptors (Lipinski definition) is 5. The van der Waals surface area contributed by atoms with Gasteiger partial charge in [-0.15, -0.1) is 0 Å². The van der Waals surface area contributed by atoms with Crippen LogP contribution in [0.1, 0.15) is 15.9 Å². The van der Waals surface area contributed by atoms with Gasteiger partial charge in [-0.05, 0) is 18.2 Å². The van der Waals surface area contributed by atoms with Gasteiger partial charge >= 0.3 is 11.9 Å². The molecule has 0 spiro atoms. The molecule has 1 aliphatic heterocycles. The van der Waals surface area contributed by atoms with Crippen molar-refractivity contribution in [2.24, 2.45) is 14.1 Å². The molecular weight excluding hydrogens is 397 g/mol. The molecule has 2 N–H and O–H groups in total. The van der Waals surface area contributed by atoms with Gasteiger partial charge in [-0.1, -0.05) is 6.07 Å². The smallest absolute Gasteiger partial charge is 0.425 e. The van der Waals surface area contributed by atoms with Crippen LogP contribution in [0.25, 0.3) is 0 Å². The molecule has 0 radical (unpaired) electrons. The van der Waals surface area contributed by atoms with E-state index in [1.807, 2.05) is 5.32 Å². The third-order valence-corrected chi connectivity index (χ3v) is 4.67. The molecule has 154 valence electrons. The summed E-state index contributed by atoms with van der Waals surface area (Å²) in [5, 5.41) is 3.56. The Bertz CT molecular complexity index is 1150. The van der Waals surface area contributed by atoms with E-state index in [2.05, 4.69) is 0 Å². The number of anilines is 1. The van der Waals surface area contributed by atoms with Crippen molar-refractivity contribution in [2.45, 2.75) is 11.7 Å². The number of amides is 2. The lowest BCUT2D eigenvalue weighted by molar-refractivity contribution is -0.196. The molecule has 1 aliphatic rings. The first kappa shape index (κ1) is 20.2. The fraction of sp³-hybridized carbons (Fsp3) is 0.294. The molecular formula is C17H15F3N4O5. The lowest BCUT2D eigenvalue weighted by Crippen LogP contribution is -2.62. The van der Waals surface area contributed by atoms with Gasteiger partial charge in [-0.2, -0.15) is 13.2 Å². The summed E-state index contributed by atoms with van der Waals surface area (Å²) in [6, 6.07) is 5.24. The molecule has 2 aromatic rings. The standard InChI is InChI=1S/C17H15F3N4O5/c1-23-11-10(13(26)24(2)15(23)28)16(14(27)21-11,17(18,19)20)22-12(25)8-5-4-6-9(7-8)29-3/h4-7H,1-3H3,(H,21,27)(H,22,25)/t16-/m0/s1. The number of rotatable bonds is 3. The highest BCUT2D eigenvalue weighted by Gasteiger charge is 2.68. The van der Waals surface area contributed by atoms with Gasteiger partial charge in [0.1, 0.15) is 17.1 Å². The van der Waals surface area contributed by atoms with E-state index in [1.165, 1.54) is 31.4 Å². The van der Waals surface area contributed by atoms with E-state index in [1.54, 1.807) is 5.32 Å². The zero-order valence-electron chi connectivity index (χ0n) is 15.4. The van der Waals surface area contributed by atoms with Crippen LogP contribution < -0.4 is 26.6 Å². The fourth-order valence-electron chi connectivity index (χ4n) is 3.11. The monoisotopic (exact) mass is 412 g/mol. The van der Waals surface area contributed by atoms with Crippen molar-refractivity contribution >= 4 is 17.6 Å². The Morgan fingerprint density at radius 2 is 1.83 bits per heavy atom. The van der Waals surface area contributed by atoms with Crippen LogP contribution in [-0.4, -0.2) is 34.2 Å². The van der Waals surface area contributed by atoms with Crippen LogP contribution in [0.4, 0.5) is 19.0 Å². The van der Waals surface area contributed by atoms with E-state index in [0.717, 1.165) is 14.1 Å². The van der Waals surface area contributed by atoms with E-state index < -0.39 is 46.2 Å². The Morgan fingerprint density at radius 3 is 2.41 bits per heavy atom. The first-order valence-corrected chi connectivity index (χ1v) is 8.11. The summed E-state index contributed by atoms with van der Waals surface area (Å²) in [7, 11) is 3.37. The van der Waals surface area contributed by atoms with Crippen molar-refractivity contribution in [3.63, 3.8) is 0 Å². The highest BCUT2D eigenvalue weighted by Crippen LogP contribution is 2.45. The number of aromatic nitrogens is 2. The summed E-state index contributed by atoms with van der Waals surface area (Å²) in [5.41, 5.74) is -7.29. The van der Waals surface area contributed by atoms with Gasteiger partial charge in [-0.3, -0.25) is 23.5 Å². The summed E-state index contributed by atoms with van der Waals surface area (Å²) in [6.07, 6.45) is -5.39. The number of hydrogen-bond donors (Lipinski definition) is 2. The number of carbonyl (C=O) groups is 2. The first-order valence-electron chi connectivity index (χ1n) is 8.11. The SMILES string of the molecule is COc1cccc(C(=O)N[C@]2(C(F)(F)F)C(=O)Nc3c2c(=O)n(C)c(=O)n3C)c1. The molecule has 0 fully saturated rings. The van der Waals surface area contributed by atoms with Gasteiger partial charge < -0.3 is 15.4 Å². The van der Waals surface area contributed by atoms with Gasteiger partial charge in [0, 0.05) is 19.7 Å². The average molecular weight is 412 g/mol. The maximum absolute atomic E-state index is 14.2. The number of benzene rings is 1. The molecule has 0 bridgehead atoms. The highest BCUT2D eigenvalue weighted by atomic mass is 19.4. The Kier molecular flexibility index (Phi) is 4.52. The van der Waals surface area contributed by atoms with Crippen LogP contribution in [0.15, 0.2) is 33.9 Å². The molecule has 0 aliphatic carbocycles. The molecule has 3 rings (SSSR count). The normalized spacial score (nSPS) is 18.2. The number of carbonyl (C=O) groups excluding carboxylic acids is 2. The second-order valence-corrected chi connectivity index (χ2v) is 6.32. The lowest BCUT2D eigenvalue weighted by atomic mass is 9.91. The predicted octanol–water partition coefficient (Wildman–Crippen LogP) is 0.232. The van der Waals surface area contributed by atoms with Crippen molar-refractivity contribution in [1.82, 2.24) is 14.5 Å². The Balaban J connectivity index is 2.26. The van der Waals surface area contributed by atoms with Crippen LogP contribution in [0.3, 0.4) is 0 Å². The molecule has 9 nitrogen and oxygen atoms in total. The Labute approximate surface area is 160 Å². The summed E-state index contributed by atoms with van der Waals surface area (Å²) in [5.74, 6) is -3.39. The number of nitrogens with zero attached hydrogens (tertiary/aromatic N) is 2.